The molecule has 2 unspecified atom stereocenters. The van der Waals surface area contributed by atoms with E-state index in [9.17, 15) is 0 Å². The second-order valence-electron chi connectivity index (χ2n) is 4.04. The Hall–Kier alpha value is -1.26. The monoisotopic (exact) mass is 224 g/mol. The molecule has 0 fully saturated rings. The Kier molecular flexibility index (Phi) is 5.08. The van der Waals surface area contributed by atoms with Crippen molar-refractivity contribution >= 4 is 11.4 Å². The molecule has 1 aromatic rings. The van der Waals surface area contributed by atoms with Crippen LogP contribution in [0.2, 0.25) is 0 Å². The number of anilines is 2. The summed E-state index contributed by atoms with van der Waals surface area (Å²) in [5.41, 5.74) is 1.95. The molecule has 0 aromatic heterocycles. The zero-order chi connectivity index (χ0) is 12.0. The second-order valence-corrected chi connectivity index (χ2v) is 4.04. The van der Waals surface area contributed by atoms with Crippen molar-refractivity contribution in [2.75, 3.05) is 23.7 Å². The summed E-state index contributed by atoms with van der Waals surface area (Å²) < 4.78 is 0. The molecule has 0 saturated heterocycles. The maximum absolute atomic E-state index is 9.11. The Morgan fingerprint density at radius 3 is 1.44 bits per heavy atom. The zero-order valence-electron chi connectivity index (χ0n) is 9.77. The minimum atomic E-state index is -0.354. The van der Waals surface area contributed by atoms with Crippen molar-refractivity contribution in [1.82, 2.24) is 0 Å². The predicted molar refractivity (Wildman–Crippen MR) is 66.8 cm³/mol. The first kappa shape index (κ1) is 12.8. The van der Waals surface area contributed by atoms with Gasteiger partial charge in [0.2, 0.25) is 0 Å². The number of hydrogen-bond donors (Lipinski definition) is 4. The average molecular weight is 224 g/mol. The van der Waals surface area contributed by atoms with Gasteiger partial charge >= 0.3 is 0 Å². The van der Waals surface area contributed by atoms with Crippen molar-refractivity contribution in [3.63, 3.8) is 0 Å². The number of rotatable bonds is 6. The SMILES string of the molecule is CC(O)CNc1ccc(NCC(C)O)cc1. The van der Waals surface area contributed by atoms with E-state index < -0.39 is 0 Å². The highest BCUT2D eigenvalue weighted by atomic mass is 16.3. The van der Waals surface area contributed by atoms with E-state index in [0.717, 1.165) is 11.4 Å². The van der Waals surface area contributed by atoms with E-state index in [-0.39, 0.29) is 12.2 Å². The van der Waals surface area contributed by atoms with Crippen molar-refractivity contribution in [3.8, 4) is 0 Å². The fraction of sp³-hybridized carbons (Fsp3) is 0.500. The molecule has 0 amide bonds. The molecule has 0 heterocycles. The lowest BCUT2D eigenvalue weighted by atomic mass is 10.2. The Morgan fingerprint density at radius 2 is 1.19 bits per heavy atom. The summed E-state index contributed by atoms with van der Waals surface area (Å²) in [6, 6.07) is 7.75. The van der Waals surface area contributed by atoms with Gasteiger partial charge in [-0.15, -0.1) is 0 Å². The molecule has 1 aromatic carbocycles. The third-order valence-corrected chi connectivity index (χ3v) is 2.09. The summed E-state index contributed by atoms with van der Waals surface area (Å²) >= 11 is 0. The third kappa shape index (κ3) is 5.00. The molecule has 0 spiro atoms. The zero-order valence-corrected chi connectivity index (χ0v) is 9.77. The molecule has 0 aliphatic carbocycles. The largest absolute Gasteiger partial charge is 0.392 e. The van der Waals surface area contributed by atoms with Crippen LogP contribution in [-0.4, -0.2) is 35.5 Å². The van der Waals surface area contributed by atoms with Gasteiger partial charge in [0.15, 0.2) is 0 Å². The molecule has 0 aliphatic heterocycles. The quantitative estimate of drug-likeness (QED) is 0.587. The van der Waals surface area contributed by atoms with Crippen LogP contribution in [0.1, 0.15) is 13.8 Å². The number of nitrogens with one attached hydrogen (secondary N) is 2. The summed E-state index contributed by atoms with van der Waals surface area (Å²) in [7, 11) is 0. The van der Waals surface area contributed by atoms with Crippen LogP contribution in [0, 0.1) is 0 Å². The molecule has 2 atom stereocenters. The van der Waals surface area contributed by atoms with Crippen LogP contribution in [-0.2, 0) is 0 Å². The van der Waals surface area contributed by atoms with Gasteiger partial charge in [-0.05, 0) is 38.1 Å². The highest BCUT2D eigenvalue weighted by molar-refractivity contribution is 5.53. The van der Waals surface area contributed by atoms with Crippen molar-refractivity contribution in [2.45, 2.75) is 26.1 Å². The first-order valence-corrected chi connectivity index (χ1v) is 5.52. The highest BCUT2D eigenvalue weighted by Crippen LogP contribution is 2.13. The molecular weight excluding hydrogens is 204 g/mol. The second kappa shape index (κ2) is 6.35. The first-order chi connectivity index (χ1) is 7.58. The summed E-state index contributed by atoms with van der Waals surface area (Å²) in [4.78, 5) is 0. The van der Waals surface area contributed by atoms with Gasteiger partial charge < -0.3 is 20.8 Å². The van der Waals surface area contributed by atoms with Gasteiger partial charge in [-0.3, -0.25) is 0 Å². The van der Waals surface area contributed by atoms with Gasteiger partial charge in [0, 0.05) is 24.5 Å². The summed E-state index contributed by atoms with van der Waals surface area (Å²) in [5, 5.41) is 24.4. The Labute approximate surface area is 96.3 Å². The van der Waals surface area contributed by atoms with Crippen LogP contribution in [0.15, 0.2) is 24.3 Å². The number of aliphatic hydroxyl groups is 2. The topological polar surface area (TPSA) is 64.5 Å². The molecular formula is C12H20N2O2. The third-order valence-electron chi connectivity index (χ3n) is 2.09. The van der Waals surface area contributed by atoms with Gasteiger partial charge in [0.1, 0.15) is 0 Å². The van der Waals surface area contributed by atoms with Crippen molar-refractivity contribution in [1.29, 1.82) is 0 Å². The molecule has 0 aliphatic rings. The minimum Gasteiger partial charge on any atom is -0.392 e. The summed E-state index contributed by atoms with van der Waals surface area (Å²) in [6.45, 7) is 4.57. The molecule has 4 heteroatoms. The normalized spacial score (nSPS) is 14.2. The van der Waals surface area contributed by atoms with Crippen LogP contribution < -0.4 is 10.6 Å². The van der Waals surface area contributed by atoms with E-state index in [0.29, 0.717) is 13.1 Å². The van der Waals surface area contributed by atoms with Gasteiger partial charge in [0.25, 0.3) is 0 Å². The lowest BCUT2D eigenvalue weighted by Gasteiger charge is -2.11. The first-order valence-electron chi connectivity index (χ1n) is 5.52. The molecule has 0 radical (unpaired) electrons. The molecule has 1 rings (SSSR count). The lowest BCUT2D eigenvalue weighted by molar-refractivity contribution is 0.207. The van der Waals surface area contributed by atoms with Gasteiger partial charge in [-0.2, -0.15) is 0 Å². The van der Waals surface area contributed by atoms with Crippen molar-refractivity contribution < 1.29 is 10.2 Å². The van der Waals surface area contributed by atoms with E-state index in [1.807, 2.05) is 24.3 Å². The van der Waals surface area contributed by atoms with Gasteiger partial charge in [-0.1, -0.05) is 0 Å². The smallest absolute Gasteiger partial charge is 0.0684 e. The predicted octanol–water partition coefficient (Wildman–Crippen LogP) is 1.27. The fourth-order valence-electron chi connectivity index (χ4n) is 1.24. The van der Waals surface area contributed by atoms with E-state index in [2.05, 4.69) is 10.6 Å². The maximum atomic E-state index is 9.11. The standard InChI is InChI=1S/C12H20N2O2/c1-9(15)7-13-11-3-5-12(6-4-11)14-8-10(2)16/h3-6,9-10,13-16H,7-8H2,1-2H3. The maximum Gasteiger partial charge on any atom is 0.0684 e. The van der Waals surface area contributed by atoms with E-state index in [1.165, 1.54) is 0 Å². The molecule has 0 bridgehead atoms. The molecule has 16 heavy (non-hydrogen) atoms. The fourth-order valence-corrected chi connectivity index (χ4v) is 1.24. The van der Waals surface area contributed by atoms with Crippen molar-refractivity contribution in [3.05, 3.63) is 24.3 Å². The molecule has 0 saturated carbocycles. The van der Waals surface area contributed by atoms with E-state index >= 15 is 0 Å². The molecule has 90 valence electrons. The molecule has 4 N–H and O–H groups in total. The number of benzene rings is 1. The lowest BCUT2D eigenvalue weighted by Crippen LogP contribution is -2.16. The van der Waals surface area contributed by atoms with Crippen LogP contribution in [0.4, 0.5) is 11.4 Å². The van der Waals surface area contributed by atoms with Crippen LogP contribution in [0.25, 0.3) is 0 Å². The Balaban J connectivity index is 2.41. The van der Waals surface area contributed by atoms with E-state index in [1.54, 1.807) is 13.8 Å². The summed E-state index contributed by atoms with van der Waals surface area (Å²) in [5.74, 6) is 0. The highest BCUT2D eigenvalue weighted by Gasteiger charge is 1.98. The van der Waals surface area contributed by atoms with Gasteiger partial charge in [-0.25, -0.2) is 0 Å². The Bertz CT molecular complexity index is 265. The Morgan fingerprint density at radius 1 is 0.875 bits per heavy atom. The van der Waals surface area contributed by atoms with Crippen LogP contribution in [0.5, 0.6) is 0 Å². The summed E-state index contributed by atoms with van der Waals surface area (Å²) in [6.07, 6.45) is -0.707. The van der Waals surface area contributed by atoms with Gasteiger partial charge in [0.05, 0.1) is 12.2 Å². The van der Waals surface area contributed by atoms with Crippen LogP contribution in [0.3, 0.4) is 0 Å². The van der Waals surface area contributed by atoms with E-state index in [4.69, 9.17) is 10.2 Å². The van der Waals surface area contributed by atoms with Crippen molar-refractivity contribution in [2.24, 2.45) is 0 Å². The number of aliphatic hydroxyl groups excluding tert-OH is 2. The average Bonchev–Trinajstić information content (AvgIpc) is 2.25. The van der Waals surface area contributed by atoms with Crippen LogP contribution >= 0.6 is 0 Å². The number of hydrogen-bond acceptors (Lipinski definition) is 4. The minimum absolute atomic E-state index is 0.354. The molecule has 4 nitrogen and oxygen atoms in total.